The first kappa shape index (κ1) is 22.6. The smallest absolute Gasteiger partial charge is 0.237 e. The van der Waals surface area contributed by atoms with Crippen molar-refractivity contribution in [2.24, 2.45) is 5.92 Å². The first-order valence-electron chi connectivity index (χ1n) is 7.85. The number of amides is 1. The lowest BCUT2D eigenvalue weighted by Gasteiger charge is -2.32. The van der Waals surface area contributed by atoms with Gasteiger partial charge in [0.05, 0.1) is 25.0 Å². The van der Waals surface area contributed by atoms with E-state index in [0.29, 0.717) is 19.0 Å². The summed E-state index contributed by atoms with van der Waals surface area (Å²) in [4.78, 5) is 13.9. The number of ether oxygens (including phenoxy) is 1. The summed E-state index contributed by atoms with van der Waals surface area (Å²) in [6, 6.07) is 0. The lowest BCUT2D eigenvalue weighted by Crippen LogP contribution is -2.46. The third kappa shape index (κ3) is 9.46. The normalized spacial score (nSPS) is 18.8. The Hall–Kier alpha value is -0.410. The summed E-state index contributed by atoms with van der Waals surface area (Å²) in [7, 11) is -1.57. The highest BCUT2D eigenvalue weighted by Crippen LogP contribution is 2.15. The van der Waals surface area contributed by atoms with E-state index < -0.39 is 10.0 Å². The molecule has 1 amide bonds. The molecule has 9 heteroatoms. The predicted molar refractivity (Wildman–Crippen MR) is 93.4 cm³/mol. The molecule has 0 aromatic carbocycles. The highest BCUT2D eigenvalue weighted by molar-refractivity contribution is 7.89. The Morgan fingerprint density at radius 1 is 1.39 bits per heavy atom. The van der Waals surface area contributed by atoms with Gasteiger partial charge < -0.3 is 15.0 Å². The van der Waals surface area contributed by atoms with Crippen LogP contribution in [0.2, 0.25) is 0 Å². The topological polar surface area (TPSA) is 87.7 Å². The van der Waals surface area contributed by atoms with Crippen molar-refractivity contribution in [1.29, 1.82) is 0 Å². The van der Waals surface area contributed by atoms with Gasteiger partial charge >= 0.3 is 0 Å². The number of nitrogens with zero attached hydrogens (tertiary/aromatic N) is 1. The number of sulfonamides is 1. The molecule has 138 valence electrons. The molecule has 2 N–H and O–H groups in total. The number of halogens is 1. The molecule has 0 spiro atoms. The Labute approximate surface area is 146 Å². The van der Waals surface area contributed by atoms with Crippen LogP contribution in [0.5, 0.6) is 0 Å². The summed E-state index contributed by atoms with van der Waals surface area (Å²) < 4.78 is 31.2. The van der Waals surface area contributed by atoms with Crippen LogP contribution in [0.4, 0.5) is 0 Å². The van der Waals surface area contributed by atoms with Gasteiger partial charge in [-0.25, -0.2) is 13.1 Å². The Bertz CT molecular complexity index is 443. The van der Waals surface area contributed by atoms with Crippen molar-refractivity contribution >= 4 is 28.3 Å². The molecule has 1 fully saturated rings. The first-order chi connectivity index (χ1) is 10.3. The number of carbonyl (C=O) groups excluding carboxylic acids is 1. The molecule has 23 heavy (non-hydrogen) atoms. The third-order valence-electron chi connectivity index (χ3n) is 3.61. The second kappa shape index (κ2) is 11.2. The van der Waals surface area contributed by atoms with Crippen LogP contribution in [-0.2, 0) is 19.6 Å². The molecule has 0 aromatic rings. The fourth-order valence-electron chi connectivity index (χ4n) is 2.50. The molecule has 7 nitrogen and oxygen atoms in total. The molecule has 1 atom stereocenters. The molecule has 0 bridgehead atoms. The Balaban J connectivity index is 0.00000484. The zero-order chi connectivity index (χ0) is 16.6. The van der Waals surface area contributed by atoms with Gasteiger partial charge in [-0.05, 0) is 46.2 Å². The molecule has 1 aliphatic heterocycles. The summed E-state index contributed by atoms with van der Waals surface area (Å²) in [5, 5.41) is 3.12. The molecule has 0 aromatic heterocycles. The van der Waals surface area contributed by atoms with Gasteiger partial charge in [-0.3, -0.25) is 4.79 Å². The van der Waals surface area contributed by atoms with E-state index in [9.17, 15) is 13.2 Å². The maximum Gasteiger partial charge on any atom is 0.237 e. The lowest BCUT2D eigenvalue weighted by atomic mass is 9.98. The van der Waals surface area contributed by atoms with Crippen molar-refractivity contribution in [2.45, 2.75) is 32.8 Å². The molecule has 1 unspecified atom stereocenters. The van der Waals surface area contributed by atoms with Crippen LogP contribution in [0.1, 0.15) is 26.7 Å². The van der Waals surface area contributed by atoms with Crippen molar-refractivity contribution in [3.63, 3.8) is 0 Å². The van der Waals surface area contributed by atoms with Crippen molar-refractivity contribution in [3.8, 4) is 0 Å². The molecule has 0 saturated carbocycles. The maximum absolute atomic E-state index is 12.1. The minimum absolute atomic E-state index is 0. The van der Waals surface area contributed by atoms with Gasteiger partial charge in [-0.15, -0.1) is 12.4 Å². The van der Waals surface area contributed by atoms with Gasteiger partial charge in [0.25, 0.3) is 0 Å². The fraction of sp³-hybridized carbons (Fsp3) is 0.929. The molecule has 1 rings (SSSR count). The van der Waals surface area contributed by atoms with E-state index in [4.69, 9.17) is 4.74 Å². The summed E-state index contributed by atoms with van der Waals surface area (Å²) >= 11 is 0. The minimum atomic E-state index is -3.47. The number of likely N-dealkylation sites (tertiary alicyclic amines) is 1. The number of hydrogen-bond acceptors (Lipinski definition) is 5. The minimum Gasteiger partial charge on any atom is -0.378 e. The van der Waals surface area contributed by atoms with Crippen LogP contribution in [0, 0.1) is 5.92 Å². The highest BCUT2D eigenvalue weighted by Gasteiger charge is 2.24. The van der Waals surface area contributed by atoms with Crippen molar-refractivity contribution in [3.05, 3.63) is 0 Å². The predicted octanol–water partition coefficient (Wildman–Crippen LogP) is 0.211. The van der Waals surface area contributed by atoms with E-state index >= 15 is 0 Å². The third-order valence-corrected chi connectivity index (χ3v) is 4.90. The number of carbonyl (C=O) groups is 1. The SMILES string of the molecule is CNCC1CCCN(C(=O)CNS(=O)(=O)CCOC(C)C)C1.Cl. The summed E-state index contributed by atoms with van der Waals surface area (Å²) in [6.45, 7) is 5.94. The van der Waals surface area contributed by atoms with E-state index in [1.807, 2.05) is 20.9 Å². The molecule has 1 heterocycles. The van der Waals surface area contributed by atoms with Crippen molar-refractivity contribution in [1.82, 2.24) is 14.9 Å². The molecular formula is C14H30ClN3O4S. The number of rotatable bonds is 9. The fourth-order valence-corrected chi connectivity index (χ4v) is 3.30. The van der Waals surface area contributed by atoms with E-state index in [-0.39, 0.29) is 43.3 Å². The summed E-state index contributed by atoms with van der Waals surface area (Å²) in [5.74, 6) is 0.161. The van der Waals surface area contributed by atoms with E-state index in [0.717, 1.165) is 19.4 Å². The van der Waals surface area contributed by atoms with E-state index in [1.165, 1.54) is 0 Å². The van der Waals surface area contributed by atoms with E-state index in [2.05, 4.69) is 10.0 Å². The molecule has 1 saturated heterocycles. The van der Waals surface area contributed by atoms with Crippen LogP contribution in [-0.4, -0.2) is 70.9 Å². The second-order valence-corrected chi connectivity index (χ2v) is 7.89. The quantitative estimate of drug-likeness (QED) is 0.605. The molecule has 0 aliphatic carbocycles. The standard InChI is InChI=1S/C14H29N3O4S.ClH/c1-12(2)21-7-8-22(19,20)16-10-14(18)17-6-4-5-13(11-17)9-15-3;/h12-13,15-16H,4-11H2,1-3H3;1H. The molecular weight excluding hydrogens is 342 g/mol. The van der Waals surface area contributed by atoms with Crippen LogP contribution < -0.4 is 10.0 Å². The van der Waals surface area contributed by atoms with Crippen LogP contribution >= 0.6 is 12.4 Å². The Morgan fingerprint density at radius 2 is 2.09 bits per heavy atom. The van der Waals surface area contributed by atoms with E-state index in [1.54, 1.807) is 4.90 Å². The zero-order valence-electron chi connectivity index (χ0n) is 14.2. The van der Waals surface area contributed by atoms with Crippen LogP contribution in [0.3, 0.4) is 0 Å². The van der Waals surface area contributed by atoms with Gasteiger partial charge in [-0.1, -0.05) is 0 Å². The maximum atomic E-state index is 12.1. The highest BCUT2D eigenvalue weighted by atomic mass is 35.5. The summed E-state index contributed by atoms with van der Waals surface area (Å²) in [6.07, 6.45) is 2.06. The number of hydrogen-bond donors (Lipinski definition) is 2. The largest absolute Gasteiger partial charge is 0.378 e. The Kier molecular flexibility index (Phi) is 11.0. The van der Waals surface area contributed by atoms with Gasteiger partial charge in [0, 0.05) is 13.1 Å². The monoisotopic (exact) mass is 371 g/mol. The van der Waals surface area contributed by atoms with Gasteiger partial charge in [0.2, 0.25) is 15.9 Å². The second-order valence-electron chi connectivity index (χ2n) is 5.97. The first-order valence-corrected chi connectivity index (χ1v) is 9.50. The van der Waals surface area contributed by atoms with Crippen molar-refractivity contribution in [2.75, 3.05) is 45.6 Å². The average Bonchev–Trinajstić information content (AvgIpc) is 2.45. The average molecular weight is 372 g/mol. The summed E-state index contributed by atoms with van der Waals surface area (Å²) in [5.41, 5.74) is 0. The van der Waals surface area contributed by atoms with Crippen molar-refractivity contribution < 1.29 is 17.9 Å². The van der Waals surface area contributed by atoms with Gasteiger partial charge in [0.15, 0.2) is 0 Å². The van der Waals surface area contributed by atoms with Crippen LogP contribution in [0.25, 0.3) is 0 Å². The lowest BCUT2D eigenvalue weighted by molar-refractivity contribution is -0.131. The zero-order valence-corrected chi connectivity index (χ0v) is 15.8. The van der Waals surface area contributed by atoms with Gasteiger partial charge in [-0.2, -0.15) is 0 Å². The Morgan fingerprint density at radius 3 is 2.70 bits per heavy atom. The van der Waals surface area contributed by atoms with Gasteiger partial charge in [0.1, 0.15) is 0 Å². The van der Waals surface area contributed by atoms with Crippen LogP contribution in [0.15, 0.2) is 0 Å². The number of nitrogens with one attached hydrogen (secondary N) is 2. The number of piperidine rings is 1. The molecule has 1 aliphatic rings. The molecule has 0 radical (unpaired) electrons.